The van der Waals surface area contributed by atoms with Gasteiger partial charge in [-0.1, -0.05) is 33.1 Å². The van der Waals surface area contributed by atoms with Crippen LogP contribution in [0.5, 0.6) is 0 Å². The van der Waals surface area contributed by atoms with E-state index in [9.17, 15) is 18.7 Å². The number of ether oxygens (including phenoxy) is 1. The van der Waals surface area contributed by atoms with Gasteiger partial charge in [0.05, 0.1) is 6.10 Å². The normalized spacial score (nSPS) is 20.1. The first kappa shape index (κ1) is 15.3. The summed E-state index contributed by atoms with van der Waals surface area (Å²) >= 11 is 0. The molecule has 1 saturated carbocycles. The van der Waals surface area contributed by atoms with Crippen LogP contribution in [-0.2, 0) is 9.53 Å². The average Bonchev–Trinajstić information content (AvgIpc) is 2.28. The topological polar surface area (TPSA) is 49.4 Å². The van der Waals surface area contributed by atoms with Gasteiger partial charge >= 0.3 is 5.92 Å². The number of aliphatic carboxylic acids is 1. The maximum absolute atomic E-state index is 13.5. The second-order valence-electron chi connectivity index (χ2n) is 5.42. The number of carbonyl (C=O) groups is 1. The Kier molecular flexibility index (Phi) is 5.50. The summed E-state index contributed by atoms with van der Waals surface area (Å²) in [6, 6.07) is 0. The van der Waals surface area contributed by atoms with Crippen molar-refractivity contribution in [3.8, 4) is 0 Å². The van der Waals surface area contributed by atoms with Crippen LogP contribution in [0.2, 0.25) is 0 Å². The minimum Gasteiger partial charge on any atom is -0.544 e. The van der Waals surface area contributed by atoms with Gasteiger partial charge in [0.1, 0.15) is 12.1 Å². The highest BCUT2D eigenvalue weighted by Crippen LogP contribution is 2.30. The van der Waals surface area contributed by atoms with Crippen molar-refractivity contribution in [2.45, 2.75) is 70.5 Å². The summed E-state index contributed by atoms with van der Waals surface area (Å²) in [5.74, 6) is -6.31. The molecule has 0 saturated heterocycles. The second kappa shape index (κ2) is 6.45. The molecule has 1 unspecified atom stereocenters. The summed E-state index contributed by atoms with van der Waals surface area (Å²) in [5, 5.41) is 10.5. The molecule has 1 aliphatic rings. The van der Waals surface area contributed by atoms with E-state index in [0.29, 0.717) is 0 Å². The van der Waals surface area contributed by atoms with E-state index in [1.807, 2.05) is 0 Å². The van der Waals surface area contributed by atoms with E-state index in [-0.39, 0.29) is 18.4 Å². The third-order valence-corrected chi connectivity index (χ3v) is 3.27. The van der Waals surface area contributed by atoms with Gasteiger partial charge in [-0.05, 0) is 25.2 Å². The number of hydrogen-bond acceptors (Lipinski definition) is 3. The van der Waals surface area contributed by atoms with Gasteiger partial charge in [0.2, 0.25) is 0 Å². The first-order chi connectivity index (χ1) is 8.34. The van der Waals surface area contributed by atoms with Gasteiger partial charge in [-0.3, -0.25) is 0 Å². The lowest BCUT2D eigenvalue weighted by Gasteiger charge is -2.33. The van der Waals surface area contributed by atoms with Crippen molar-refractivity contribution < 1.29 is 23.4 Å². The highest BCUT2D eigenvalue weighted by atomic mass is 19.3. The van der Waals surface area contributed by atoms with E-state index in [2.05, 4.69) is 0 Å². The van der Waals surface area contributed by atoms with E-state index in [1.165, 1.54) is 0 Å². The molecule has 3 nitrogen and oxygen atoms in total. The van der Waals surface area contributed by atoms with Crippen LogP contribution in [0, 0.1) is 5.92 Å². The van der Waals surface area contributed by atoms with E-state index in [0.717, 1.165) is 32.1 Å². The Morgan fingerprint density at radius 3 is 2.33 bits per heavy atom. The summed E-state index contributed by atoms with van der Waals surface area (Å²) < 4.78 is 32.4. The van der Waals surface area contributed by atoms with Gasteiger partial charge < -0.3 is 14.6 Å². The molecule has 18 heavy (non-hydrogen) atoms. The summed E-state index contributed by atoms with van der Waals surface area (Å²) in [6.45, 7) is 3.53. The number of hydrogen-bond donors (Lipinski definition) is 0. The quantitative estimate of drug-likeness (QED) is 0.737. The Balaban J connectivity index is 2.68. The Morgan fingerprint density at radius 1 is 1.33 bits per heavy atom. The van der Waals surface area contributed by atoms with Crippen LogP contribution in [0.15, 0.2) is 0 Å². The van der Waals surface area contributed by atoms with Gasteiger partial charge in [-0.25, -0.2) is 0 Å². The second-order valence-corrected chi connectivity index (χ2v) is 5.42. The van der Waals surface area contributed by atoms with E-state index in [4.69, 9.17) is 4.74 Å². The molecule has 0 aromatic heterocycles. The summed E-state index contributed by atoms with van der Waals surface area (Å²) in [4.78, 5) is 10.5. The SMILES string of the molecule is CC(C)CC(OC1CCCCC1)C(F)(F)C(=O)[O-]. The van der Waals surface area contributed by atoms with Gasteiger partial charge in [0, 0.05) is 0 Å². The van der Waals surface area contributed by atoms with Crippen molar-refractivity contribution in [3.63, 3.8) is 0 Å². The zero-order valence-corrected chi connectivity index (χ0v) is 11.0. The van der Waals surface area contributed by atoms with Crippen LogP contribution < -0.4 is 5.11 Å². The van der Waals surface area contributed by atoms with E-state index in [1.54, 1.807) is 13.8 Å². The third kappa shape index (κ3) is 4.19. The number of rotatable bonds is 6. The molecule has 0 aromatic carbocycles. The molecule has 1 fully saturated rings. The molecule has 0 bridgehead atoms. The van der Waals surface area contributed by atoms with Crippen molar-refractivity contribution in [1.82, 2.24) is 0 Å². The summed E-state index contributed by atoms with van der Waals surface area (Å²) in [5.41, 5.74) is 0. The van der Waals surface area contributed by atoms with Crippen LogP contribution >= 0.6 is 0 Å². The molecule has 1 aliphatic carbocycles. The van der Waals surface area contributed by atoms with Gasteiger partial charge in [0.25, 0.3) is 0 Å². The number of carboxylic acid groups (broad SMARTS) is 1. The molecule has 1 atom stereocenters. The fraction of sp³-hybridized carbons (Fsp3) is 0.923. The maximum Gasteiger partial charge on any atom is 0.312 e. The molecule has 0 radical (unpaired) electrons. The maximum atomic E-state index is 13.5. The highest BCUT2D eigenvalue weighted by molar-refractivity contribution is 5.73. The standard InChI is InChI=1S/C13H22F2O3/c1-9(2)8-11(13(14,15)12(16)17)18-10-6-4-3-5-7-10/h9-11H,3-8H2,1-2H3,(H,16,17)/p-1. The lowest BCUT2D eigenvalue weighted by Crippen LogP contribution is -2.52. The number of carboxylic acids is 1. The number of carbonyl (C=O) groups excluding carboxylic acids is 1. The molecule has 0 amide bonds. The molecule has 0 N–H and O–H groups in total. The Labute approximate surface area is 107 Å². The van der Waals surface area contributed by atoms with Crippen molar-refractivity contribution >= 4 is 5.97 Å². The van der Waals surface area contributed by atoms with Crippen molar-refractivity contribution in [1.29, 1.82) is 0 Å². The summed E-state index contributed by atoms with van der Waals surface area (Å²) in [6.07, 6.45) is 2.67. The minimum atomic E-state index is -3.91. The fourth-order valence-corrected chi connectivity index (χ4v) is 2.28. The van der Waals surface area contributed by atoms with Crippen molar-refractivity contribution in [2.75, 3.05) is 0 Å². The highest BCUT2D eigenvalue weighted by Gasteiger charge is 2.43. The Morgan fingerprint density at radius 2 is 1.89 bits per heavy atom. The average molecular weight is 263 g/mol. The van der Waals surface area contributed by atoms with Crippen LogP contribution in [-0.4, -0.2) is 24.1 Å². The first-order valence-corrected chi connectivity index (χ1v) is 6.58. The van der Waals surface area contributed by atoms with Crippen molar-refractivity contribution in [3.05, 3.63) is 0 Å². The molecule has 0 aromatic rings. The molecule has 5 heteroatoms. The predicted octanol–water partition coefficient (Wildman–Crippen LogP) is 2.14. The molecular weight excluding hydrogens is 242 g/mol. The van der Waals surface area contributed by atoms with Crippen LogP contribution in [0.25, 0.3) is 0 Å². The lowest BCUT2D eigenvalue weighted by molar-refractivity contribution is -0.339. The molecule has 106 valence electrons. The number of alkyl halides is 2. The fourth-order valence-electron chi connectivity index (χ4n) is 2.28. The molecule has 0 heterocycles. The van der Waals surface area contributed by atoms with Crippen LogP contribution in [0.4, 0.5) is 8.78 Å². The zero-order valence-electron chi connectivity index (χ0n) is 11.0. The molecule has 0 aliphatic heterocycles. The Bertz CT molecular complexity index is 273. The van der Waals surface area contributed by atoms with Gasteiger partial charge in [-0.15, -0.1) is 0 Å². The van der Waals surface area contributed by atoms with Crippen LogP contribution in [0.3, 0.4) is 0 Å². The summed E-state index contributed by atoms with van der Waals surface area (Å²) in [7, 11) is 0. The minimum absolute atomic E-state index is 0.0253. The monoisotopic (exact) mass is 263 g/mol. The first-order valence-electron chi connectivity index (χ1n) is 6.58. The predicted molar refractivity (Wildman–Crippen MR) is 61.2 cm³/mol. The molecule has 0 spiro atoms. The molecular formula is C13H21F2O3-. The van der Waals surface area contributed by atoms with E-state index < -0.39 is 18.0 Å². The zero-order chi connectivity index (χ0) is 13.8. The number of halogens is 2. The van der Waals surface area contributed by atoms with Gasteiger partial charge in [0.15, 0.2) is 0 Å². The largest absolute Gasteiger partial charge is 0.544 e. The van der Waals surface area contributed by atoms with Crippen LogP contribution in [0.1, 0.15) is 52.4 Å². The Hall–Kier alpha value is -0.710. The van der Waals surface area contributed by atoms with Crippen molar-refractivity contribution in [2.24, 2.45) is 5.92 Å². The third-order valence-electron chi connectivity index (χ3n) is 3.27. The smallest absolute Gasteiger partial charge is 0.312 e. The van der Waals surface area contributed by atoms with E-state index >= 15 is 0 Å². The van der Waals surface area contributed by atoms with Gasteiger partial charge in [-0.2, -0.15) is 8.78 Å². The lowest BCUT2D eigenvalue weighted by atomic mass is 9.96. The molecule has 1 rings (SSSR count).